The van der Waals surface area contributed by atoms with Gasteiger partial charge in [-0.1, -0.05) is 39.3 Å². The number of nitrogens with one attached hydrogen (secondary N) is 1. The van der Waals surface area contributed by atoms with Gasteiger partial charge in [-0.3, -0.25) is 0 Å². The van der Waals surface area contributed by atoms with Crippen LogP contribution in [0, 0.1) is 19.8 Å². The Balaban J connectivity index is 2.59. The van der Waals surface area contributed by atoms with Crippen molar-refractivity contribution < 1.29 is 4.42 Å². The van der Waals surface area contributed by atoms with Crippen molar-refractivity contribution in [2.24, 2.45) is 5.92 Å². The molecular formula is C18H26ClNO. The van der Waals surface area contributed by atoms with Crippen LogP contribution in [0.2, 0.25) is 5.02 Å². The Morgan fingerprint density at radius 1 is 1.19 bits per heavy atom. The zero-order chi connectivity index (χ0) is 15.7. The molecule has 1 N–H and O–H groups in total. The maximum Gasteiger partial charge on any atom is 0.135 e. The molecule has 0 unspecified atom stereocenters. The van der Waals surface area contributed by atoms with E-state index in [0.717, 1.165) is 40.5 Å². The Bertz CT molecular complexity index is 640. The van der Waals surface area contributed by atoms with Gasteiger partial charge in [0.25, 0.3) is 0 Å². The molecule has 1 aromatic carbocycles. The van der Waals surface area contributed by atoms with Gasteiger partial charge in [-0.2, -0.15) is 0 Å². The van der Waals surface area contributed by atoms with Crippen molar-refractivity contribution in [2.45, 2.75) is 60.5 Å². The quantitative estimate of drug-likeness (QED) is 0.800. The highest BCUT2D eigenvalue weighted by molar-refractivity contribution is 6.33. The monoisotopic (exact) mass is 307 g/mol. The highest BCUT2D eigenvalue weighted by Gasteiger charge is 2.19. The van der Waals surface area contributed by atoms with Crippen molar-refractivity contribution in [1.82, 2.24) is 5.32 Å². The highest BCUT2D eigenvalue weighted by Crippen LogP contribution is 2.36. The average Bonchev–Trinajstić information content (AvgIpc) is 2.71. The van der Waals surface area contributed by atoms with Gasteiger partial charge in [0.1, 0.15) is 11.3 Å². The number of halogens is 1. The zero-order valence-corrected chi connectivity index (χ0v) is 14.7. The highest BCUT2D eigenvalue weighted by atomic mass is 35.5. The number of hydrogen-bond acceptors (Lipinski definition) is 2. The Labute approximate surface area is 132 Å². The first-order chi connectivity index (χ1) is 9.81. The van der Waals surface area contributed by atoms with Crippen molar-refractivity contribution in [2.75, 3.05) is 0 Å². The van der Waals surface area contributed by atoms with Crippen LogP contribution in [0.25, 0.3) is 11.0 Å². The topological polar surface area (TPSA) is 25.2 Å². The fourth-order valence-electron chi connectivity index (χ4n) is 2.78. The molecule has 0 bridgehead atoms. The Morgan fingerprint density at radius 3 is 2.43 bits per heavy atom. The van der Waals surface area contributed by atoms with Gasteiger partial charge in [0.15, 0.2) is 0 Å². The van der Waals surface area contributed by atoms with E-state index in [-0.39, 0.29) is 0 Å². The molecule has 0 saturated carbocycles. The first-order valence-corrected chi connectivity index (χ1v) is 8.12. The SMILES string of the molecule is Cc1cc2oc(CNC(C)C)c(CC(C)C)c2c(C)c1Cl. The van der Waals surface area contributed by atoms with E-state index in [4.69, 9.17) is 16.0 Å². The number of hydrogen-bond donors (Lipinski definition) is 1. The maximum atomic E-state index is 6.44. The lowest BCUT2D eigenvalue weighted by Gasteiger charge is -2.10. The molecule has 0 spiro atoms. The second-order valence-electron chi connectivity index (χ2n) is 6.64. The van der Waals surface area contributed by atoms with Crippen molar-refractivity contribution in [3.63, 3.8) is 0 Å². The predicted molar refractivity (Wildman–Crippen MR) is 91.2 cm³/mol. The number of furan rings is 1. The fourth-order valence-corrected chi connectivity index (χ4v) is 2.92. The summed E-state index contributed by atoms with van der Waals surface area (Å²) >= 11 is 6.44. The minimum absolute atomic E-state index is 0.441. The third kappa shape index (κ3) is 3.44. The summed E-state index contributed by atoms with van der Waals surface area (Å²) in [6, 6.07) is 2.50. The van der Waals surface area contributed by atoms with Crippen LogP contribution in [0.15, 0.2) is 10.5 Å². The Kier molecular flexibility index (Phi) is 5.00. The van der Waals surface area contributed by atoms with Crippen LogP contribution in [0.3, 0.4) is 0 Å². The second kappa shape index (κ2) is 6.41. The van der Waals surface area contributed by atoms with E-state index in [1.54, 1.807) is 0 Å². The van der Waals surface area contributed by atoms with Crippen LogP contribution >= 0.6 is 11.6 Å². The van der Waals surface area contributed by atoms with Crippen molar-refractivity contribution in [3.05, 3.63) is 33.5 Å². The molecule has 0 fully saturated rings. The van der Waals surface area contributed by atoms with E-state index >= 15 is 0 Å². The van der Waals surface area contributed by atoms with Gasteiger partial charge >= 0.3 is 0 Å². The summed E-state index contributed by atoms with van der Waals surface area (Å²) in [5, 5.41) is 5.52. The van der Waals surface area contributed by atoms with Gasteiger partial charge in [0, 0.05) is 22.0 Å². The molecule has 0 aliphatic heterocycles. The molecule has 0 atom stereocenters. The summed E-state index contributed by atoms with van der Waals surface area (Å²) in [6.45, 7) is 13.7. The molecule has 2 nitrogen and oxygen atoms in total. The average molecular weight is 308 g/mol. The minimum atomic E-state index is 0.441. The van der Waals surface area contributed by atoms with E-state index in [1.807, 2.05) is 6.92 Å². The van der Waals surface area contributed by atoms with Crippen molar-refractivity contribution in [1.29, 1.82) is 0 Å². The molecule has 1 aromatic heterocycles. The van der Waals surface area contributed by atoms with E-state index in [1.165, 1.54) is 10.9 Å². The van der Waals surface area contributed by atoms with Gasteiger partial charge in [-0.25, -0.2) is 0 Å². The Morgan fingerprint density at radius 2 is 1.86 bits per heavy atom. The van der Waals surface area contributed by atoms with Crippen LogP contribution in [0.1, 0.15) is 50.1 Å². The first-order valence-electron chi connectivity index (χ1n) is 7.74. The molecule has 2 aromatic rings. The molecule has 116 valence electrons. The smallest absolute Gasteiger partial charge is 0.135 e. The van der Waals surface area contributed by atoms with Gasteiger partial charge in [-0.05, 0) is 43.4 Å². The standard InChI is InChI=1S/C18H26ClNO/c1-10(2)7-14-16(9-20-11(3)4)21-15-8-12(5)18(19)13(6)17(14)15/h8,10-11,20H,7,9H2,1-6H3. The lowest BCUT2D eigenvalue weighted by Crippen LogP contribution is -2.22. The van der Waals surface area contributed by atoms with E-state index in [9.17, 15) is 0 Å². The summed E-state index contributed by atoms with van der Waals surface area (Å²) < 4.78 is 6.15. The second-order valence-corrected chi connectivity index (χ2v) is 7.02. The number of benzene rings is 1. The Hall–Kier alpha value is -0.990. The molecule has 0 amide bonds. The normalized spacial score (nSPS) is 12.0. The lowest BCUT2D eigenvalue weighted by molar-refractivity contribution is 0.478. The van der Waals surface area contributed by atoms with Crippen LogP contribution in [0.4, 0.5) is 0 Å². The fraction of sp³-hybridized carbons (Fsp3) is 0.556. The first kappa shape index (κ1) is 16.4. The summed E-state index contributed by atoms with van der Waals surface area (Å²) in [6.07, 6.45) is 1.02. The molecule has 0 radical (unpaired) electrons. The molecule has 0 aliphatic carbocycles. The lowest BCUT2D eigenvalue weighted by atomic mass is 9.96. The van der Waals surface area contributed by atoms with E-state index in [2.05, 4.69) is 46.0 Å². The largest absolute Gasteiger partial charge is 0.459 e. The van der Waals surface area contributed by atoms with Crippen molar-refractivity contribution in [3.8, 4) is 0 Å². The minimum Gasteiger partial charge on any atom is -0.459 e. The van der Waals surface area contributed by atoms with Crippen LogP contribution in [0.5, 0.6) is 0 Å². The molecule has 21 heavy (non-hydrogen) atoms. The molecule has 3 heteroatoms. The number of fused-ring (bicyclic) bond motifs is 1. The molecule has 0 saturated heterocycles. The molecule has 0 aliphatic rings. The van der Waals surface area contributed by atoms with Gasteiger partial charge in [0.05, 0.1) is 6.54 Å². The zero-order valence-electron chi connectivity index (χ0n) is 13.9. The summed E-state index contributed by atoms with van der Waals surface area (Å²) in [5.74, 6) is 1.64. The van der Waals surface area contributed by atoms with Crippen LogP contribution in [-0.4, -0.2) is 6.04 Å². The predicted octanol–water partition coefficient (Wildman–Crippen LogP) is 5.40. The summed E-state index contributed by atoms with van der Waals surface area (Å²) in [7, 11) is 0. The van der Waals surface area contributed by atoms with Crippen LogP contribution in [-0.2, 0) is 13.0 Å². The van der Waals surface area contributed by atoms with Gasteiger partial charge in [0.2, 0.25) is 0 Å². The van der Waals surface area contributed by atoms with E-state index < -0.39 is 0 Å². The van der Waals surface area contributed by atoms with Crippen molar-refractivity contribution >= 4 is 22.6 Å². The van der Waals surface area contributed by atoms with Gasteiger partial charge < -0.3 is 9.73 Å². The third-order valence-electron chi connectivity index (χ3n) is 3.80. The van der Waals surface area contributed by atoms with Gasteiger partial charge in [-0.15, -0.1) is 0 Å². The summed E-state index contributed by atoms with van der Waals surface area (Å²) in [4.78, 5) is 0. The molecule has 2 rings (SSSR count). The van der Waals surface area contributed by atoms with E-state index in [0.29, 0.717) is 12.0 Å². The summed E-state index contributed by atoms with van der Waals surface area (Å²) in [5.41, 5.74) is 4.50. The van der Waals surface area contributed by atoms with Crippen LogP contribution < -0.4 is 5.32 Å². The maximum absolute atomic E-state index is 6.44. The molecular weight excluding hydrogens is 282 g/mol. The number of aryl methyl sites for hydroxylation is 2. The molecule has 1 heterocycles. The number of rotatable bonds is 5. The third-order valence-corrected chi connectivity index (χ3v) is 4.38.